The molecule has 1 aliphatic heterocycles. The molecule has 23 heavy (non-hydrogen) atoms. The molecule has 2 rings (SSSR count). The molecule has 1 unspecified atom stereocenters. The maximum absolute atomic E-state index is 11.8. The zero-order valence-electron chi connectivity index (χ0n) is 14.1. The number of likely N-dealkylation sites (N-methyl/N-ethyl adjacent to an activating group) is 1. The molecule has 1 aliphatic rings. The lowest BCUT2D eigenvalue weighted by atomic mass is 9.93. The summed E-state index contributed by atoms with van der Waals surface area (Å²) in [5, 5.41) is 12.2. The van der Waals surface area contributed by atoms with Crippen molar-refractivity contribution in [2.45, 2.75) is 32.3 Å². The highest BCUT2D eigenvalue weighted by molar-refractivity contribution is 5.73. The smallest absolute Gasteiger partial charge is 0.317 e. The van der Waals surface area contributed by atoms with Gasteiger partial charge in [0.1, 0.15) is 0 Å². The van der Waals surface area contributed by atoms with Gasteiger partial charge in [-0.15, -0.1) is 0 Å². The van der Waals surface area contributed by atoms with Crippen molar-refractivity contribution >= 4 is 11.7 Å². The summed E-state index contributed by atoms with van der Waals surface area (Å²) < 4.78 is 0. The number of aliphatic hydroxyl groups is 1. The normalized spacial score (nSPS) is 16.9. The number of piperidine rings is 1. The van der Waals surface area contributed by atoms with Crippen molar-refractivity contribution in [1.82, 2.24) is 15.2 Å². The van der Waals surface area contributed by atoms with Crippen LogP contribution in [0, 0.1) is 5.92 Å². The number of aliphatic hydroxyl groups excluding tert-OH is 1. The number of amides is 2. The van der Waals surface area contributed by atoms with Crippen LogP contribution in [0.5, 0.6) is 0 Å². The Morgan fingerprint density at radius 2 is 2.09 bits per heavy atom. The molecule has 1 fully saturated rings. The Morgan fingerprint density at radius 1 is 1.43 bits per heavy atom. The second-order valence-electron chi connectivity index (χ2n) is 6.39. The average molecular weight is 320 g/mol. The molecule has 0 aromatic carbocycles. The summed E-state index contributed by atoms with van der Waals surface area (Å²) in [5.41, 5.74) is 1.24. The fourth-order valence-electron chi connectivity index (χ4n) is 3.03. The Bertz CT molecular complexity index is 473. The predicted octanol–water partition coefficient (Wildman–Crippen LogP) is 1.71. The van der Waals surface area contributed by atoms with E-state index in [-0.39, 0.29) is 6.03 Å². The number of hydrogen-bond acceptors (Lipinski definition) is 4. The van der Waals surface area contributed by atoms with E-state index in [4.69, 9.17) is 0 Å². The lowest BCUT2D eigenvalue weighted by molar-refractivity contribution is 0.143. The van der Waals surface area contributed by atoms with Gasteiger partial charge >= 0.3 is 6.03 Å². The van der Waals surface area contributed by atoms with Crippen LogP contribution in [-0.2, 0) is 0 Å². The van der Waals surface area contributed by atoms with E-state index >= 15 is 0 Å². The molecule has 0 radical (unpaired) electrons. The van der Waals surface area contributed by atoms with Gasteiger partial charge in [-0.2, -0.15) is 0 Å². The molecule has 6 nitrogen and oxygen atoms in total. The summed E-state index contributed by atoms with van der Waals surface area (Å²) in [6, 6.07) is 4.00. The molecule has 0 bridgehead atoms. The lowest BCUT2D eigenvalue weighted by Gasteiger charge is -2.33. The molecule has 1 aromatic heterocycles. The van der Waals surface area contributed by atoms with Gasteiger partial charge in [0.25, 0.3) is 0 Å². The Balaban J connectivity index is 1.64. The quantitative estimate of drug-likeness (QED) is 0.837. The largest absolute Gasteiger partial charge is 0.392 e. The van der Waals surface area contributed by atoms with Crippen molar-refractivity contribution < 1.29 is 9.90 Å². The number of carbonyl (C=O) groups is 1. The van der Waals surface area contributed by atoms with Crippen LogP contribution in [0.25, 0.3) is 0 Å². The Labute approximate surface area is 138 Å². The number of urea groups is 1. The van der Waals surface area contributed by atoms with Crippen LogP contribution in [0.15, 0.2) is 24.5 Å². The first kappa shape index (κ1) is 17.5. The van der Waals surface area contributed by atoms with Gasteiger partial charge in [-0.3, -0.25) is 4.98 Å². The highest BCUT2D eigenvalue weighted by Gasteiger charge is 2.19. The minimum absolute atomic E-state index is 0.111. The van der Waals surface area contributed by atoms with E-state index in [0.717, 1.165) is 32.4 Å². The molecule has 1 saturated heterocycles. The number of hydrogen-bond donors (Lipinski definition) is 2. The molecular weight excluding hydrogens is 292 g/mol. The van der Waals surface area contributed by atoms with E-state index in [1.165, 1.54) is 10.6 Å². The summed E-state index contributed by atoms with van der Waals surface area (Å²) in [4.78, 5) is 19.8. The average Bonchev–Trinajstić information content (AvgIpc) is 2.55. The van der Waals surface area contributed by atoms with Gasteiger partial charge in [0.05, 0.1) is 6.10 Å². The number of nitrogens with one attached hydrogen (secondary N) is 1. The van der Waals surface area contributed by atoms with E-state index in [1.54, 1.807) is 14.0 Å². The highest BCUT2D eigenvalue weighted by atomic mass is 16.3. The molecule has 128 valence electrons. The zero-order chi connectivity index (χ0) is 16.7. The van der Waals surface area contributed by atoms with Crippen LogP contribution < -0.4 is 10.2 Å². The molecule has 1 aromatic rings. The summed E-state index contributed by atoms with van der Waals surface area (Å²) in [7, 11) is 1.70. The monoisotopic (exact) mass is 320 g/mol. The van der Waals surface area contributed by atoms with Gasteiger partial charge in [0.15, 0.2) is 0 Å². The van der Waals surface area contributed by atoms with E-state index in [1.807, 2.05) is 12.4 Å². The third-order valence-electron chi connectivity index (χ3n) is 4.36. The maximum atomic E-state index is 11.8. The number of pyridine rings is 1. The van der Waals surface area contributed by atoms with Crippen molar-refractivity contribution in [3.8, 4) is 0 Å². The third kappa shape index (κ3) is 5.71. The fourth-order valence-corrected chi connectivity index (χ4v) is 3.03. The van der Waals surface area contributed by atoms with E-state index in [0.29, 0.717) is 19.0 Å². The molecule has 2 heterocycles. The van der Waals surface area contributed by atoms with Crippen molar-refractivity contribution in [3.05, 3.63) is 24.5 Å². The van der Waals surface area contributed by atoms with Crippen LogP contribution in [-0.4, -0.2) is 60.4 Å². The van der Waals surface area contributed by atoms with Crippen molar-refractivity contribution in [2.75, 3.05) is 38.1 Å². The van der Waals surface area contributed by atoms with E-state index in [9.17, 15) is 9.90 Å². The highest BCUT2D eigenvalue weighted by Crippen LogP contribution is 2.24. The van der Waals surface area contributed by atoms with Crippen molar-refractivity contribution in [2.24, 2.45) is 5.92 Å². The topological polar surface area (TPSA) is 68.7 Å². The second-order valence-corrected chi connectivity index (χ2v) is 6.39. The molecule has 0 spiro atoms. The number of anilines is 1. The Hall–Kier alpha value is -1.82. The SMILES string of the molecule is CC(O)CN(C)C(=O)NCCC1CCN(c2ccncc2)CC1. The summed E-state index contributed by atoms with van der Waals surface area (Å²) in [6.45, 7) is 4.86. The molecule has 1 atom stereocenters. The number of rotatable bonds is 6. The first-order valence-corrected chi connectivity index (χ1v) is 8.38. The van der Waals surface area contributed by atoms with Crippen LogP contribution in [0.3, 0.4) is 0 Å². The van der Waals surface area contributed by atoms with Crippen LogP contribution in [0.1, 0.15) is 26.2 Å². The van der Waals surface area contributed by atoms with Gasteiger partial charge in [0, 0.05) is 51.3 Å². The van der Waals surface area contributed by atoms with Gasteiger partial charge in [-0.25, -0.2) is 4.79 Å². The number of nitrogens with zero attached hydrogens (tertiary/aromatic N) is 3. The maximum Gasteiger partial charge on any atom is 0.317 e. The zero-order valence-corrected chi connectivity index (χ0v) is 14.1. The first-order chi connectivity index (χ1) is 11.1. The van der Waals surface area contributed by atoms with Crippen molar-refractivity contribution in [3.63, 3.8) is 0 Å². The molecule has 2 amide bonds. The first-order valence-electron chi connectivity index (χ1n) is 8.38. The molecule has 0 saturated carbocycles. The van der Waals surface area contributed by atoms with Crippen molar-refractivity contribution in [1.29, 1.82) is 0 Å². The van der Waals surface area contributed by atoms with Gasteiger partial charge in [-0.05, 0) is 44.2 Å². The molecule has 6 heteroatoms. The lowest BCUT2D eigenvalue weighted by Crippen LogP contribution is -2.41. The summed E-state index contributed by atoms with van der Waals surface area (Å²) in [5.74, 6) is 0.662. The minimum Gasteiger partial charge on any atom is -0.392 e. The predicted molar refractivity (Wildman–Crippen MR) is 91.5 cm³/mol. The minimum atomic E-state index is -0.497. The van der Waals surface area contributed by atoms with Crippen LogP contribution >= 0.6 is 0 Å². The molecule has 0 aliphatic carbocycles. The Morgan fingerprint density at radius 3 is 2.70 bits per heavy atom. The Kier molecular flexibility index (Phi) is 6.65. The standard InChI is InChI=1S/C17H28N4O2/c1-14(22)13-20(2)17(23)19-10-3-15-6-11-21(12-7-15)16-4-8-18-9-5-16/h4-5,8-9,14-15,22H,3,6-7,10-13H2,1-2H3,(H,19,23). The van der Waals surface area contributed by atoms with Gasteiger partial charge in [-0.1, -0.05) is 0 Å². The number of aromatic nitrogens is 1. The third-order valence-corrected chi connectivity index (χ3v) is 4.36. The van der Waals surface area contributed by atoms with Crippen LogP contribution in [0.2, 0.25) is 0 Å². The van der Waals surface area contributed by atoms with Gasteiger partial charge < -0.3 is 20.2 Å². The van der Waals surface area contributed by atoms with Crippen LogP contribution in [0.4, 0.5) is 10.5 Å². The number of carbonyl (C=O) groups excluding carboxylic acids is 1. The van der Waals surface area contributed by atoms with E-state index in [2.05, 4.69) is 27.3 Å². The second kappa shape index (κ2) is 8.72. The van der Waals surface area contributed by atoms with Gasteiger partial charge in [0.2, 0.25) is 0 Å². The van der Waals surface area contributed by atoms with E-state index < -0.39 is 6.10 Å². The fraction of sp³-hybridized carbons (Fsp3) is 0.647. The summed E-state index contributed by atoms with van der Waals surface area (Å²) >= 11 is 0. The molecular formula is C17H28N4O2. The molecule has 2 N–H and O–H groups in total. The summed E-state index contributed by atoms with van der Waals surface area (Å²) in [6.07, 6.45) is 6.49.